The molecule has 4 rings (SSSR count). The maximum absolute atomic E-state index is 12.4. The molecular weight excluding hydrogens is 398 g/mol. The predicted molar refractivity (Wildman–Crippen MR) is 113 cm³/mol. The molecule has 0 aliphatic rings. The summed E-state index contributed by atoms with van der Waals surface area (Å²) in [5, 5.41) is 19.2. The van der Waals surface area contributed by atoms with Crippen molar-refractivity contribution in [2.45, 2.75) is 33.2 Å². The normalized spacial score (nSPS) is 10.8. The summed E-state index contributed by atoms with van der Waals surface area (Å²) in [6.07, 6.45) is 5.87. The molecule has 4 heterocycles. The molecule has 8 nitrogen and oxygen atoms in total. The lowest BCUT2D eigenvalue weighted by atomic mass is 10.1. The van der Waals surface area contributed by atoms with Crippen LogP contribution in [0.1, 0.15) is 33.9 Å². The molecule has 0 fully saturated rings. The summed E-state index contributed by atoms with van der Waals surface area (Å²) in [6.45, 7) is 4.22. The zero-order valence-corrected chi connectivity index (χ0v) is 17.4. The van der Waals surface area contributed by atoms with Crippen LogP contribution in [0, 0.1) is 25.2 Å². The predicted octanol–water partition coefficient (Wildman–Crippen LogP) is 2.99. The van der Waals surface area contributed by atoms with E-state index < -0.39 is 0 Å². The molecule has 150 valence electrons. The molecule has 0 radical (unpaired) electrons. The zero-order valence-electron chi connectivity index (χ0n) is 16.6. The number of nitrogens with zero attached hydrogens (tertiary/aromatic N) is 6. The molecule has 1 amide bonds. The van der Waals surface area contributed by atoms with E-state index in [1.54, 1.807) is 16.9 Å². The first-order chi connectivity index (χ1) is 14.6. The number of thiazole rings is 1. The number of hydrogen-bond acceptors (Lipinski definition) is 7. The average Bonchev–Trinajstić information content (AvgIpc) is 3.39. The van der Waals surface area contributed by atoms with Crippen molar-refractivity contribution in [3.8, 4) is 17.3 Å². The van der Waals surface area contributed by atoms with Crippen LogP contribution in [0.2, 0.25) is 0 Å². The fourth-order valence-corrected chi connectivity index (χ4v) is 4.04. The van der Waals surface area contributed by atoms with Crippen molar-refractivity contribution in [1.82, 2.24) is 29.9 Å². The van der Waals surface area contributed by atoms with Gasteiger partial charge in [0.2, 0.25) is 5.91 Å². The highest BCUT2D eigenvalue weighted by Crippen LogP contribution is 2.21. The van der Waals surface area contributed by atoms with Crippen molar-refractivity contribution in [3.05, 3.63) is 63.6 Å². The number of carbonyl (C=O) groups excluding carboxylic acids is 1. The Bertz CT molecular complexity index is 1250. The number of rotatable bonds is 6. The van der Waals surface area contributed by atoms with Crippen LogP contribution in [-0.4, -0.2) is 30.5 Å². The molecule has 0 spiro atoms. The summed E-state index contributed by atoms with van der Waals surface area (Å²) < 4.78 is 1.66. The summed E-state index contributed by atoms with van der Waals surface area (Å²) in [6, 6.07) is 5.92. The number of aromatic nitrogens is 5. The lowest BCUT2D eigenvalue weighted by Crippen LogP contribution is -2.23. The summed E-state index contributed by atoms with van der Waals surface area (Å²) >= 11 is 1.52. The number of nitriles is 1. The molecule has 0 bridgehead atoms. The highest BCUT2D eigenvalue weighted by Gasteiger charge is 2.15. The molecular formula is C21H19N7OS. The van der Waals surface area contributed by atoms with Gasteiger partial charge < -0.3 is 5.32 Å². The molecule has 0 saturated heterocycles. The highest BCUT2D eigenvalue weighted by atomic mass is 32.1. The van der Waals surface area contributed by atoms with Gasteiger partial charge in [0.05, 0.1) is 18.4 Å². The number of pyridine rings is 1. The van der Waals surface area contributed by atoms with Gasteiger partial charge in [0.15, 0.2) is 5.65 Å². The number of nitrogens with one attached hydrogen (secondary N) is 1. The Labute approximate surface area is 177 Å². The Kier molecular flexibility index (Phi) is 5.50. The highest BCUT2D eigenvalue weighted by molar-refractivity contribution is 7.09. The van der Waals surface area contributed by atoms with E-state index in [1.165, 1.54) is 17.5 Å². The van der Waals surface area contributed by atoms with Gasteiger partial charge in [-0.05, 0) is 38.0 Å². The Morgan fingerprint density at radius 3 is 2.83 bits per heavy atom. The van der Waals surface area contributed by atoms with Gasteiger partial charge >= 0.3 is 0 Å². The average molecular weight is 417 g/mol. The minimum atomic E-state index is -0.0484. The first-order valence-corrected chi connectivity index (χ1v) is 10.3. The molecule has 9 heteroatoms. The van der Waals surface area contributed by atoms with Crippen LogP contribution in [0.15, 0.2) is 36.1 Å². The number of carbonyl (C=O) groups is 1. The zero-order chi connectivity index (χ0) is 21.1. The Hall–Kier alpha value is -3.64. The number of aryl methyl sites for hydroxylation is 2. The number of hydrogen-bond donors (Lipinski definition) is 1. The standard InChI is InChI=1S/C21H19N7OS/c1-13-17(14(2)28-21(26-13)16(9-22)10-25-28)3-4-19(29)24-11-20-27-18(12-30-20)15-5-7-23-8-6-15/h5-8,10,12H,3-4,11H2,1-2H3,(H,24,29). The van der Waals surface area contributed by atoms with E-state index in [-0.39, 0.29) is 5.91 Å². The topological polar surface area (TPSA) is 109 Å². The summed E-state index contributed by atoms with van der Waals surface area (Å²) in [5.74, 6) is -0.0484. The third-order valence-electron chi connectivity index (χ3n) is 4.90. The van der Waals surface area contributed by atoms with Crippen LogP contribution < -0.4 is 5.32 Å². The second-order valence-electron chi connectivity index (χ2n) is 6.81. The van der Waals surface area contributed by atoms with E-state index in [1.807, 2.05) is 31.4 Å². The van der Waals surface area contributed by atoms with Crippen molar-refractivity contribution in [2.24, 2.45) is 0 Å². The third-order valence-corrected chi connectivity index (χ3v) is 5.74. The summed E-state index contributed by atoms with van der Waals surface area (Å²) in [7, 11) is 0. The minimum absolute atomic E-state index is 0.0484. The van der Waals surface area contributed by atoms with E-state index in [0.717, 1.165) is 33.2 Å². The van der Waals surface area contributed by atoms with Gasteiger partial charge in [-0.1, -0.05) is 0 Å². The first kappa shape index (κ1) is 19.7. The van der Waals surface area contributed by atoms with Gasteiger partial charge in [-0.15, -0.1) is 11.3 Å². The van der Waals surface area contributed by atoms with Crippen molar-refractivity contribution < 1.29 is 4.79 Å². The molecule has 1 N–H and O–H groups in total. The molecule has 0 aliphatic heterocycles. The van der Waals surface area contributed by atoms with Crippen molar-refractivity contribution in [1.29, 1.82) is 5.26 Å². The van der Waals surface area contributed by atoms with Gasteiger partial charge in [-0.25, -0.2) is 14.5 Å². The SMILES string of the molecule is Cc1nc2c(C#N)cnn2c(C)c1CCC(=O)NCc1nc(-c2ccncc2)cs1. The fraction of sp³-hybridized carbons (Fsp3) is 0.238. The van der Waals surface area contributed by atoms with E-state index in [4.69, 9.17) is 5.26 Å². The van der Waals surface area contributed by atoms with E-state index >= 15 is 0 Å². The quantitative estimate of drug-likeness (QED) is 0.517. The van der Waals surface area contributed by atoms with Crippen LogP contribution >= 0.6 is 11.3 Å². The number of fused-ring (bicyclic) bond motifs is 1. The first-order valence-electron chi connectivity index (χ1n) is 9.42. The monoisotopic (exact) mass is 417 g/mol. The maximum atomic E-state index is 12.4. The van der Waals surface area contributed by atoms with E-state index in [0.29, 0.717) is 30.6 Å². The molecule has 0 atom stereocenters. The molecule has 30 heavy (non-hydrogen) atoms. The number of amides is 1. The van der Waals surface area contributed by atoms with Gasteiger partial charge in [-0.3, -0.25) is 9.78 Å². The Morgan fingerprint density at radius 2 is 2.07 bits per heavy atom. The van der Waals surface area contributed by atoms with Crippen LogP contribution in [-0.2, 0) is 17.8 Å². The summed E-state index contributed by atoms with van der Waals surface area (Å²) in [4.78, 5) is 25.5. The van der Waals surface area contributed by atoms with Gasteiger partial charge in [0, 0.05) is 41.1 Å². The minimum Gasteiger partial charge on any atom is -0.350 e. The molecule has 0 unspecified atom stereocenters. The molecule has 4 aromatic rings. The van der Waals surface area contributed by atoms with E-state index in [2.05, 4.69) is 31.4 Å². The largest absolute Gasteiger partial charge is 0.350 e. The third kappa shape index (κ3) is 3.90. The molecule has 4 aromatic heterocycles. The van der Waals surface area contributed by atoms with Crippen molar-refractivity contribution in [2.75, 3.05) is 0 Å². The van der Waals surface area contributed by atoms with Crippen LogP contribution in [0.3, 0.4) is 0 Å². The molecule has 0 aliphatic carbocycles. The van der Waals surface area contributed by atoms with E-state index in [9.17, 15) is 4.79 Å². The second kappa shape index (κ2) is 8.39. The smallest absolute Gasteiger partial charge is 0.220 e. The lowest BCUT2D eigenvalue weighted by Gasteiger charge is -2.11. The lowest BCUT2D eigenvalue weighted by molar-refractivity contribution is -0.121. The van der Waals surface area contributed by atoms with Crippen molar-refractivity contribution in [3.63, 3.8) is 0 Å². The van der Waals surface area contributed by atoms with Gasteiger partial charge in [0.1, 0.15) is 16.6 Å². The maximum Gasteiger partial charge on any atom is 0.220 e. The van der Waals surface area contributed by atoms with Gasteiger partial charge in [-0.2, -0.15) is 10.4 Å². The van der Waals surface area contributed by atoms with Crippen LogP contribution in [0.5, 0.6) is 0 Å². The molecule has 0 aromatic carbocycles. The van der Waals surface area contributed by atoms with Crippen LogP contribution in [0.25, 0.3) is 16.9 Å². The van der Waals surface area contributed by atoms with Crippen LogP contribution in [0.4, 0.5) is 0 Å². The van der Waals surface area contributed by atoms with Gasteiger partial charge in [0.25, 0.3) is 0 Å². The Balaban J connectivity index is 1.38. The molecule has 0 saturated carbocycles. The second-order valence-corrected chi connectivity index (χ2v) is 7.75. The van der Waals surface area contributed by atoms with Crippen molar-refractivity contribution >= 4 is 22.9 Å². The Morgan fingerprint density at radius 1 is 1.27 bits per heavy atom. The fourth-order valence-electron chi connectivity index (χ4n) is 3.30. The summed E-state index contributed by atoms with van der Waals surface area (Å²) in [5.41, 5.74) is 5.56.